The van der Waals surface area contributed by atoms with Crippen molar-refractivity contribution in [2.45, 2.75) is 59.2 Å². The molecule has 1 aromatic carbocycles. The first kappa shape index (κ1) is 25.3. The van der Waals surface area contributed by atoms with Gasteiger partial charge in [-0.15, -0.1) is 0 Å². The summed E-state index contributed by atoms with van der Waals surface area (Å²) in [5.74, 6) is 0.550. The second-order valence-corrected chi connectivity index (χ2v) is 9.15. The van der Waals surface area contributed by atoms with Gasteiger partial charge in [-0.05, 0) is 45.9 Å². The van der Waals surface area contributed by atoms with E-state index in [0.29, 0.717) is 30.1 Å². The van der Waals surface area contributed by atoms with Crippen molar-refractivity contribution in [2.24, 2.45) is 5.92 Å². The Morgan fingerprint density at radius 1 is 1.19 bits per heavy atom. The number of carbonyl (C=O) groups excluding carboxylic acids is 3. The van der Waals surface area contributed by atoms with Gasteiger partial charge in [0, 0.05) is 49.9 Å². The number of carbonyl (C=O) groups is 3. The summed E-state index contributed by atoms with van der Waals surface area (Å²) in [7, 11) is 3.50. The summed E-state index contributed by atoms with van der Waals surface area (Å²) in [6, 6.07) is 4.85. The van der Waals surface area contributed by atoms with Gasteiger partial charge in [-0.3, -0.25) is 4.79 Å². The zero-order chi connectivity index (χ0) is 24.0. The number of hydrogen-bond acceptors (Lipinski definition) is 4. The summed E-state index contributed by atoms with van der Waals surface area (Å²) in [5.41, 5.74) is 1.27. The highest BCUT2D eigenvalue weighted by atomic mass is 16.5. The minimum Gasteiger partial charge on any atom is -0.488 e. The number of fused-ring (bicyclic) bond motifs is 1. The number of hydrogen-bond donors (Lipinski definition) is 3. The first-order chi connectivity index (χ1) is 15.0. The van der Waals surface area contributed by atoms with E-state index in [-0.39, 0.29) is 48.5 Å². The van der Waals surface area contributed by atoms with Crippen LogP contribution in [0.1, 0.15) is 40.2 Å². The van der Waals surface area contributed by atoms with E-state index >= 15 is 0 Å². The molecule has 0 spiro atoms. The number of anilines is 1. The predicted molar refractivity (Wildman–Crippen MR) is 125 cm³/mol. The van der Waals surface area contributed by atoms with E-state index in [0.717, 1.165) is 0 Å². The van der Waals surface area contributed by atoms with Gasteiger partial charge in [-0.25, -0.2) is 9.59 Å². The summed E-state index contributed by atoms with van der Waals surface area (Å²) in [6.07, 6.45) is -0.149. The molecule has 1 aliphatic heterocycles. The van der Waals surface area contributed by atoms with Gasteiger partial charge in [0.05, 0.1) is 13.0 Å². The van der Waals surface area contributed by atoms with Crippen LogP contribution in [0.15, 0.2) is 18.2 Å². The van der Waals surface area contributed by atoms with Crippen molar-refractivity contribution in [3.05, 3.63) is 23.8 Å². The molecule has 5 amide bonds. The Labute approximate surface area is 190 Å². The first-order valence-electron chi connectivity index (χ1n) is 11.1. The van der Waals surface area contributed by atoms with Gasteiger partial charge >= 0.3 is 12.1 Å². The second-order valence-electron chi connectivity index (χ2n) is 9.15. The topological polar surface area (TPSA) is 103 Å². The fourth-order valence-corrected chi connectivity index (χ4v) is 3.50. The molecule has 0 bridgehead atoms. The second kappa shape index (κ2) is 11.1. The van der Waals surface area contributed by atoms with E-state index in [1.165, 1.54) is 0 Å². The molecule has 2 atom stereocenters. The maximum absolute atomic E-state index is 12.8. The van der Waals surface area contributed by atoms with Gasteiger partial charge in [0.15, 0.2) is 0 Å². The van der Waals surface area contributed by atoms with Crippen LogP contribution in [0, 0.1) is 5.92 Å². The van der Waals surface area contributed by atoms with Gasteiger partial charge in [0.1, 0.15) is 11.9 Å². The van der Waals surface area contributed by atoms with Crippen molar-refractivity contribution in [1.82, 2.24) is 20.4 Å². The van der Waals surface area contributed by atoms with E-state index in [2.05, 4.69) is 16.0 Å². The van der Waals surface area contributed by atoms with Gasteiger partial charge in [0.25, 0.3) is 0 Å². The van der Waals surface area contributed by atoms with Crippen LogP contribution < -0.4 is 20.7 Å². The molecule has 0 aromatic heterocycles. The number of urea groups is 2. The molecule has 2 rings (SSSR count). The predicted octanol–water partition coefficient (Wildman–Crippen LogP) is 2.66. The number of nitrogens with zero attached hydrogens (tertiary/aromatic N) is 2. The molecule has 0 saturated heterocycles. The minimum absolute atomic E-state index is 0.00109. The van der Waals surface area contributed by atoms with E-state index in [1.54, 1.807) is 42.1 Å². The number of amides is 5. The highest BCUT2D eigenvalue weighted by Gasteiger charge is 2.29. The lowest BCUT2D eigenvalue weighted by Gasteiger charge is -2.31. The normalized spacial score (nSPS) is 18.8. The Kier molecular flexibility index (Phi) is 8.74. The van der Waals surface area contributed by atoms with E-state index in [9.17, 15) is 14.4 Å². The molecular formula is C23H37N5O4. The number of ether oxygens (including phenoxy) is 1. The third-order valence-electron chi connectivity index (χ3n) is 5.19. The third kappa shape index (κ3) is 7.32. The Hall–Kier alpha value is -2.97. The molecule has 0 fully saturated rings. The van der Waals surface area contributed by atoms with Crippen LogP contribution in [-0.2, 0) is 11.2 Å². The molecule has 0 aliphatic carbocycles. The molecule has 3 N–H and O–H groups in total. The van der Waals surface area contributed by atoms with Gasteiger partial charge < -0.3 is 30.5 Å². The van der Waals surface area contributed by atoms with Crippen molar-refractivity contribution in [3.8, 4) is 5.75 Å². The molecule has 178 valence electrons. The van der Waals surface area contributed by atoms with E-state index < -0.39 is 0 Å². The van der Waals surface area contributed by atoms with Gasteiger partial charge in [-0.2, -0.15) is 0 Å². The van der Waals surface area contributed by atoms with Crippen molar-refractivity contribution < 1.29 is 19.1 Å². The Morgan fingerprint density at radius 2 is 1.84 bits per heavy atom. The molecule has 0 unspecified atom stereocenters. The average Bonchev–Trinajstić information content (AvgIpc) is 2.70. The molecule has 32 heavy (non-hydrogen) atoms. The highest BCUT2D eigenvalue weighted by molar-refractivity contribution is 5.90. The van der Waals surface area contributed by atoms with Crippen LogP contribution in [-0.4, -0.2) is 73.1 Å². The molecular weight excluding hydrogens is 410 g/mol. The Bertz CT molecular complexity index is 827. The SMILES string of the molecule is CC(C)NC(=O)Nc1ccc2c(c1)CC(=O)N(C)C[C@H](C)[C@@H](CN(C)C(=O)NC(C)C)O2. The van der Waals surface area contributed by atoms with Crippen molar-refractivity contribution >= 4 is 23.7 Å². The van der Waals surface area contributed by atoms with Gasteiger partial charge in [0.2, 0.25) is 5.91 Å². The summed E-state index contributed by atoms with van der Waals surface area (Å²) in [6.45, 7) is 10.5. The van der Waals surface area contributed by atoms with Crippen LogP contribution >= 0.6 is 0 Å². The fourth-order valence-electron chi connectivity index (χ4n) is 3.50. The highest BCUT2D eigenvalue weighted by Crippen LogP contribution is 2.28. The first-order valence-corrected chi connectivity index (χ1v) is 11.1. The molecule has 0 saturated carbocycles. The molecule has 9 nitrogen and oxygen atoms in total. The lowest BCUT2D eigenvalue weighted by molar-refractivity contribution is -0.129. The number of rotatable bonds is 5. The zero-order valence-corrected chi connectivity index (χ0v) is 20.2. The largest absolute Gasteiger partial charge is 0.488 e. The van der Waals surface area contributed by atoms with Crippen LogP contribution in [0.5, 0.6) is 5.75 Å². The van der Waals surface area contributed by atoms with Crippen molar-refractivity contribution in [2.75, 3.05) is 32.5 Å². The van der Waals surface area contributed by atoms with Gasteiger partial charge in [-0.1, -0.05) is 6.92 Å². The molecule has 9 heteroatoms. The smallest absolute Gasteiger partial charge is 0.319 e. The number of benzene rings is 1. The molecule has 0 radical (unpaired) electrons. The van der Waals surface area contributed by atoms with Crippen molar-refractivity contribution in [1.29, 1.82) is 0 Å². The van der Waals surface area contributed by atoms with Crippen LogP contribution in [0.4, 0.5) is 15.3 Å². The number of nitrogens with one attached hydrogen (secondary N) is 3. The van der Waals surface area contributed by atoms with E-state index in [1.807, 2.05) is 34.6 Å². The monoisotopic (exact) mass is 447 g/mol. The molecule has 1 aliphatic rings. The number of likely N-dealkylation sites (N-methyl/N-ethyl adjacent to an activating group) is 2. The minimum atomic E-state index is -0.312. The zero-order valence-electron chi connectivity index (χ0n) is 20.2. The Morgan fingerprint density at radius 3 is 2.47 bits per heavy atom. The lowest BCUT2D eigenvalue weighted by atomic mass is 10.0. The average molecular weight is 448 g/mol. The molecule has 1 aromatic rings. The quantitative estimate of drug-likeness (QED) is 0.646. The summed E-state index contributed by atoms with van der Waals surface area (Å²) >= 11 is 0. The summed E-state index contributed by atoms with van der Waals surface area (Å²) in [5, 5.41) is 8.45. The third-order valence-corrected chi connectivity index (χ3v) is 5.19. The lowest BCUT2D eigenvalue weighted by Crippen LogP contribution is -2.48. The maximum Gasteiger partial charge on any atom is 0.319 e. The summed E-state index contributed by atoms with van der Waals surface area (Å²) in [4.78, 5) is 40.5. The maximum atomic E-state index is 12.8. The Balaban J connectivity index is 2.27. The summed E-state index contributed by atoms with van der Waals surface area (Å²) < 4.78 is 6.35. The van der Waals surface area contributed by atoms with Crippen LogP contribution in [0.2, 0.25) is 0 Å². The van der Waals surface area contributed by atoms with Crippen molar-refractivity contribution in [3.63, 3.8) is 0 Å². The fraction of sp³-hybridized carbons (Fsp3) is 0.609. The standard InChI is InChI=1S/C23H37N5O4/c1-14(2)24-22(30)26-18-8-9-19-17(10-18)11-21(29)27(6)12-16(5)20(32-19)13-28(7)23(31)25-15(3)4/h8-10,14-16,20H,11-13H2,1-7H3,(H,25,31)(H2,24,26,30)/t16-,20+/m0/s1. The molecule has 1 heterocycles. The van der Waals surface area contributed by atoms with E-state index in [4.69, 9.17) is 4.74 Å². The van der Waals surface area contributed by atoms with Crippen LogP contribution in [0.25, 0.3) is 0 Å². The van der Waals surface area contributed by atoms with Crippen LogP contribution in [0.3, 0.4) is 0 Å².